The smallest absolute Gasteiger partial charge is 0.404 e. The van der Waals surface area contributed by atoms with Crippen molar-refractivity contribution in [2.75, 3.05) is 5.32 Å². The maximum atomic E-state index is 12.3. The second-order valence-corrected chi connectivity index (χ2v) is 4.27. The molecule has 106 valence electrons. The highest BCUT2D eigenvalue weighted by Gasteiger charge is 2.32. The maximum Gasteiger partial charge on any atom is 0.573 e. The second kappa shape index (κ2) is 6.00. The molecule has 0 amide bonds. The Balaban J connectivity index is 2.07. The normalized spacial score (nSPS) is 11.2. The number of hydrogen-bond donors (Lipinski definition) is 1. The van der Waals surface area contributed by atoms with Crippen molar-refractivity contribution < 1.29 is 17.9 Å². The minimum Gasteiger partial charge on any atom is -0.404 e. The number of para-hydroxylation sites is 2. The van der Waals surface area contributed by atoms with E-state index in [4.69, 9.17) is 11.6 Å². The standard InChI is InChI=1S/C13H10ClF3N2O/c14-12-6-5-9(8-19-12)7-18-10-3-1-2-4-11(10)20-13(15,16)17/h1-6,8,18H,7H2. The number of ether oxygens (including phenoxy) is 1. The zero-order valence-corrected chi connectivity index (χ0v) is 10.9. The van der Waals surface area contributed by atoms with Crippen molar-refractivity contribution in [1.82, 2.24) is 4.98 Å². The summed E-state index contributed by atoms with van der Waals surface area (Å²) < 4.78 is 40.7. The Bertz CT molecular complexity index is 573. The summed E-state index contributed by atoms with van der Waals surface area (Å²) in [6, 6.07) is 9.17. The monoisotopic (exact) mass is 302 g/mol. The lowest BCUT2D eigenvalue weighted by Gasteiger charge is -2.14. The molecule has 0 saturated heterocycles. The zero-order valence-electron chi connectivity index (χ0n) is 10.1. The number of benzene rings is 1. The summed E-state index contributed by atoms with van der Waals surface area (Å²) in [5.74, 6) is -0.276. The molecule has 0 atom stereocenters. The van der Waals surface area contributed by atoms with Crippen molar-refractivity contribution >= 4 is 17.3 Å². The van der Waals surface area contributed by atoms with Gasteiger partial charge in [-0.15, -0.1) is 13.2 Å². The Hall–Kier alpha value is -1.95. The molecule has 0 saturated carbocycles. The molecule has 0 bridgehead atoms. The predicted octanol–water partition coefficient (Wildman–Crippen LogP) is 4.25. The molecule has 20 heavy (non-hydrogen) atoms. The van der Waals surface area contributed by atoms with E-state index in [2.05, 4.69) is 15.0 Å². The first-order valence-corrected chi connectivity index (χ1v) is 6.01. The average Bonchev–Trinajstić information content (AvgIpc) is 2.38. The summed E-state index contributed by atoms with van der Waals surface area (Å²) in [6.07, 6.45) is -3.18. The highest BCUT2D eigenvalue weighted by atomic mass is 35.5. The Labute approximate surface area is 118 Å². The fraction of sp³-hybridized carbons (Fsp3) is 0.154. The first-order valence-electron chi connectivity index (χ1n) is 5.63. The molecule has 0 unspecified atom stereocenters. The third-order valence-electron chi connectivity index (χ3n) is 2.38. The molecule has 0 aliphatic heterocycles. The van der Waals surface area contributed by atoms with Gasteiger partial charge in [-0.3, -0.25) is 0 Å². The predicted molar refractivity (Wildman–Crippen MR) is 69.7 cm³/mol. The van der Waals surface area contributed by atoms with Gasteiger partial charge in [0.05, 0.1) is 5.69 Å². The number of nitrogens with zero attached hydrogens (tertiary/aromatic N) is 1. The maximum absolute atomic E-state index is 12.3. The molecule has 2 aromatic rings. The molecule has 2 rings (SSSR count). The summed E-state index contributed by atoms with van der Waals surface area (Å²) in [5, 5.41) is 3.22. The fourth-order valence-corrected chi connectivity index (χ4v) is 1.65. The van der Waals surface area contributed by atoms with Crippen molar-refractivity contribution in [2.45, 2.75) is 12.9 Å². The molecule has 7 heteroatoms. The van der Waals surface area contributed by atoms with Crippen molar-refractivity contribution in [1.29, 1.82) is 0 Å². The molecule has 0 fully saturated rings. The fourth-order valence-electron chi connectivity index (χ4n) is 1.53. The highest BCUT2D eigenvalue weighted by Crippen LogP contribution is 2.30. The van der Waals surface area contributed by atoms with Crippen LogP contribution in [0.25, 0.3) is 0 Å². The third kappa shape index (κ3) is 4.31. The molecule has 1 aromatic heterocycles. The lowest BCUT2D eigenvalue weighted by molar-refractivity contribution is -0.274. The van der Waals surface area contributed by atoms with E-state index in [1.807, 2.05) is 0 Å². The van der Waals surface area contributed by atoms with E-state index in [0.717, 1.165) is 5.56 Å². The van der Waals surface area contributed by atoms with E-state index in [1.54, 1.807) is 24.4 Å². The van der Waals surface area contributed by atoms with Crippen LogP contribution in [0.15, 0.2) is 42.6 Å². The molecule has 1 heterocycles. The van der Waals surface area contributed by atoms with Gasteiger partial charge in [0.15, 0.2) is 5.75 Å². The van der Waals surface area contributed by atoms with Gasteiger partial charge >= 0.3 is 6.36 Å². The number of rotatable bonds is 4. The van der Waals surface area contributed by atoms with Crippen LogP contribution in [0.4, 0.5) is 18.9 Å². The average molecular weight is 303 g/mol. The number of anilines is 1. The van der Waals surface area contributed by atoms with E-state index in [-0.39, 0.29) is 11.4 Å². The molecule has 0 aliphatic rings. The van der Waals surface area contributed by atoms with E-state index in [1.165, 1.54) is 18.2 Å². The number of halogens is 4. The van der Waals surface area contributed by atoms with Crippen LogP contribution in [-0.4, -0.2) is 11.3 Å². The lowest BCUT2D eigenvalue weighted by atomic mass is 10.2. The zero-order chi connectivity index (χ0) is 14.6. The van der Waals surface area contributed by atoms with E-state index < -0.39 is 6.36 Å². The lowest BCUT2D eigenvalue weighted by Crippen LogP contribution is -2.18. The first-order chi connectivity index (χ1) is 9.44. The number of hydrogen-bond acceptors (Lipinski definition) is 3. The topological polar surface area (TPSA) is 34.1 Å². The van der Waals surface area contributed by atoms with Crippen molar-refractivity contribution in [3.05, 3.63) is 53.3 Å². The molecular weight excluding hydrogens is 293 g/mol. The number of aromatic nitrogens is 1. The van der Waals surface area contributed by atoms with Gasteiger partial charge in [-0.25, -0.2) is 4.98 Å². The van der Waals surface area contributed by atoms with Crippen LogP contribution in [0.5, 0.6) is 5.75 Å². The van der Waals surface area contributed by atoms with E-state index >= 15 is 0 Å². The van der Waals surface area contributed by atoms with Crippen LogP contribution in [0, 0.1) is 0 Å². The van der Waals surface area contributed by atoms with Gasteiger partial charge in [0, 0.05) is 12.7 Å². The van der Waals surface area contributed by atoms with Gasteiger partial charge in [0.2, 0.25) is 0 Å². The third-order valence-corrected chi connectivity index (χ3v) is 2.61. The summed E-state index contributed by atoms with van der Waals surface area (Å²) in [4.78, 5) is 3.89. The largest absolute Gasteiger partial charge is 0.573 e. The minimum absolute atomic E-state index is 0.250. The second-order valence-electron chi connectivity index (χ2n) is 3.89. The number of nitrogens with one attached hydrogen (secondary N) is 1. The van der Waals surface area contributed by atoms with E-state index in [0.29, 0.717) is 11.7 Å². The Kier molecular flexibility index (Phi) is 4.34. The van der Waals surface area contributed by atoms with Gasteiger partial charge in [0.1, 0.15) is 5.15 Å². The van der Waals surface area contributed by atoms with Crippen LogP contribution >= 0.6 is 11.6 Å². The minimum atomic E-state index is -4.72. The van der Waals surface area contributed by atoms with Crippen LogP contribution in [0.3, 0.4) is 0 Å². The number of alkyl halides is 3. The van der Waals surface area contributed by atoms with Crippen molar-refractivity contribution in [2.24, 2.45) is 0 Å². The summed E-state index contributed by atoms with van der Waals surface area (Å²) in [5.41, 5.74) is 1.04. The van der Waals surface area contributed by atoms with Crippen LogP contribution < -0.4 is 10.1 Å². The number of pyridine rings is 1. The summed E-state index contributed by atoms with van der Waals surface area (Å²) in [6.45, 7) is 0.308. The van der Waals surface area contributed by atoms with Crippen molar-refractivity contribution in [3.63, 3.8) is 0 Å². The van der Waals surface area contributed by atoms with Crippen LogP contribution in [0.2, 0.25) is 5.15 Å². The SMILES string of the molecule is FC(F)(F)Oc1ccccc1NCc1ccc(Cl)nc1. The molecule has 3 nitrogen and oxygen atoms in total. The Morgan fingerprint density at radius 2 is 1.90 bits per heavy atom. The van der Waals surface area contributed by atoms with Crippen LogP contribution in [-0.2, 0) is 6.54 Å². The first kappa shape index (κ1) is 14.5. The van der Waals surface area contributed by atoms with Gasteiger partial charge in [-0.1, -0.05) is 29.8 Å². The summed E-state index contributed by atoms with van der Waals surface area (Å²) in [7, 11) is 0. The van der Waals surface area contributed by atoms with Gasteiger partial charge < -0.3 is 10.1 Å². The molecule has 0 radical (unpaired) electrons. The summed E-state index contributed by atoms with van der Waals surface area (Å²) >= 11 is 5.65. The van der Waals surface area contributed by atoms with E-state index in [9.17, 15) is 13.2 Å². The van der Waals surface area contributed by atoms with Gasteiger partial charge in [-0.05, 0) is 23.8 Å². The quantitative estimate of drug-likeness (QED) is 0.858. The van der Waals surface area contributed by atoms with Crippen LogP contribution in [0.1, 0.15) is 5.56 Å². The Morgan fingerprint density at radius 3 is 2.55 bits per heavy atom. The molecule has 0 aliphatic carbocycles. The van der Waals surface area contributed by atoms with Crippen molar-refractivity contribution in [3.8, 4) is 5.75 Å². The molecule has 1 N–H and O–H groups in total. The highest BCUT2D eigenvalue weighted by molar-refractivity contribution is 6.29. The molecular formula is C13H10ClF3N2O. The Morgan fingerprint density at radius 1 is 1.15 bits per heavy atom. The van der Waals surface area contributed by atoms with Gasteiger partial charge in [-0.2, -0.15) is 0 Å². The molecule has 0 spiro atoms. The van der Waals surface area contributed by atoms with Gasteiger partial charge in [0.25, 0.3) is 0 Å². The molecule has 1 aromatic carbocycles.